The Bertz CT molecular complexity index is 1670. The van der Waals surface area contributed by atoms with Crippen LogP contribution < -0.4 is 15.4 Å². The molecule has 4 aromatic rings. The van der Waals surface area contributed by atoms with E-state index in [0.717, 1.165) is 12.5 Å². The van der Waals surface area contributed by atoms with Gasteiger partial charge in [0.05, 0.1) is 11.4 Å². The molecule has 230 valence electrons. The molecule has 0 fully saturated rings. The molecule has 0 spiro atoms. The van der Waals surface area contributed by atoms with Crippen LogP contribution in [-0.2, 0) is 10.2 Å². The summed E-state index contributed by atoms with van der Waals surface area (Å²) >= 11 is 0. The van der Waals surface area contributed by atoms with Gasteiger partial charge in [0.1, 0.15) is 23.0 Å². The lowest BCUT2D eigenvalue weighted by molar-refractivity contribution is -0.288. The van der Waals surface area contributed by atoms with Gasteiger partial charge in [0.2, 0.25) is 11.3 Å². The van der Waals surface area contributed by atoms with Crippen LogP contribution in [0.25, 0.3) is 0 Å². The van der Waals surface area contributed by atoms with Gasteiger partial charge in [-0.3, -0.25) is 9.59 Å². The predicted molar refractivity (Wildman–Crippen MR) is 149 cm³/mol. The fraction of sp³-hybridized carbons (Fsp3) is 0.161. The summed E-state index contributed by atoms with van der Waals surface area (Å²) in [5, 5.41) is 24.4. The first-order valence-electron chi connectivity index (χ1n) is 12.8. The summed E-state index contributed by atoms with van der Waals surface area (Å²) in [7, 11) is 0. The maximum atomic E-state index is 14.7. The Kier molecular flexibility index (Phi) is 8.53. The van der Waals surface area contributed by atoms with Crippen molar-refractivity contribution >= 4 is 23.2 Å². The van der Waals surface area contributed by atoms with Crippen LogP contribution in [0.1, 0.15) is 34.0 Å². The zero-order chi connectivity index (χ0) is 32.4. The Hall–Kier alpha value is -5.20. The standard InChI is InChI=1S/C31H24F6N2O5/c1-17-3-9-22(10-4-17)44-23-11-5-19(6-12-23)28(43)39-25-16-21(8-14-27(25)42)29(30(32,33)34,31(35,36)37)20-7-13-26(41)24(15-20)38-18(2)40/h3-16,41-42H,1-2H3,(H,38,40)(H,39,43). The zero-order valence-electron chi connectivity index (χ0n) is 23.0. The molecular weight excluding hydrogens is 594 g/mol. The average molecular weight is 619 g/mol. The lowest BCUT2D eigenvalue weighted by Crippen LogP contribution is -2.54. The molecule has 0 unspecified atom stereocenters. The average Bonchev–Trinajstić information content (AvgIpc) is 2.92. The van der Waals surface area contributed by atoms with E-state index in [0.29, 0.717) is 47.9 Å². The number of anilines is 2. The summed E-state index contributed by atoms with van der Waals surface area (Å²) in [5.74, 6) is -2.50. The van der Waals surface area contributed by atoms with Crippen molar-refractivity contribution in [2.45, 2.75) is 31.6 Å². The van der Waals surface area contributed by atoms with E-state index in [1.165, 1.54) is 24.3 Å². The lowest BCUT2D eigenvalue weighted by Gasteiger charge is -2.38. The molecule has 0 saturated heterocycles. The third-order valence-electron chi connectivity index (χ3n) is 6.64. The van der Waals surface area contributed by atoms with Crippen LogP contribution in [0.15, 0.2) is 84.9 Å². The molecule has 0 heterocycles. The van der Waals surface area contributed by atoms with E-state index in [-0.39, 0.29) is 5.56 Å². The number of benzene rings is 4. The van der Waals surface area contributed by atoms with Crippen LogP contribution in [0.3, 0.4) is 0 Å². The zero-order valence-corrected chi connectivity index (χ0v) is 23.0. The van der Waals surface area contributed by atoms with Crippen LogP contribution in [0.5, 0.6) is 23.0 Å². The summed E-state index contributed by atoms with van der Waals surface area (Å²) < 4.78 is 93.8. The highest BCUT2D eigenvalue weighted by molar-refractivity contribution is 6.05. The molecule has 0 aliphatic rings. The van der Waals surface area contributed by atoms with E-state index in [1.807, 2.05) is 24.4 Å². The summed E-state index contributed by atoms with van der Waals surface area (Å²) in [6.07, 6.45) is -12.1. The monoisotopic (exact) mass is 618 g/mol. The first-order chi connectivity index (χ1) is 20.5. The van der Waals surface area contributed by atoms with Crippen LogP contribution >= 0.6 is 0 Å². The molecule has 0 aromatic heterocycles. The molecule has 0 radical (unpaired) electrons. The minimum absolute atomic E-state index is 0.0394. The van der Waals surface area contributed by atoms with E-state index in [1.54, 1.807) is 12.1 Å². The molecule has 2 amide bonds. The molecule has 0 atom stereocenters. The molecular formula is C31H24F6N2O5. The topological polar surface area (TPSA) is 108 Å². The number of ether oxygens (including phenoxy) is 1. The molecule has 4 N–H and O–H groups in total. The molecule has 0 aliphatic heterocycles. The Morgan fingerprint density at radius 1 is 0.659 bits per heavy atom. The van der Waals surface area contributed by atoms with Gasteiger partial charge >= 0.3 is 12.4 Å². The number of halogens is 6. The van der Waals surface area contributed by atoms with E-state index in [9.17, 15) is 46.1 Å². The van der Waals surface area contributed by atoms with Gasteiger partial charge in [0.25, 0.3) is 5.91 Å². The normalized spacial score (nSPS) is 12.0. The maximum Gasteiger partial charge on any atom is 0.411 e. The second kappa shape index (κ2) is 11.8. The summed E-state index contributed by atoms with van der Waals surface area (Å²) in [6, 6.07) is 15.4. The number of amides is 2. The van der Waals surface area contributed by atoms with Gasteiger partial charge in [-0.05, 0) is 78.7 Å². The van der Waals surface area contributed by atoms with Crippen LogP contribution in [0, 0.1) is 6.92 Å². The third-order valence-corrected chi connectivity index (χ3v) is 6.64. The van der Waals surface area contributed by atoms with E-state index in [4.69, 9.17) is 4.74 Å². The predicted octanol–water partition coefficient (Wildman–Crippen LogP) is 7.82. The van der Waals surface area contributed by atoms with Crippen LogP contribution in [0.4, 0.5) is 37.7 Å². The molecule has 0 bridgehead atoms. The highest BCUT2D eigenvalue weighted by Crippen LogP contribution is 2.57. The van der Waals surface area contributed by atoms with Gasteiger partial charge in [-0.2, -0.15) is 26.3 Å². The Morgan fingerprint density at radius 2 is 1.09 bits per heavy atom. The molecule has 0 saturated carbocycles. The number of phenols is 2. The number of alkyl halides is 6. The number of rotatable bonds is 7. The quantitative estimate of drug-likeness (QED) is 0.125. The van der Waals surface area contributed by atoms with Crippen molar-refractivity contribution in [2.75, 3.05) is 10.6 Å². The molecule has 13 heteroatoms. The molecule has 7 nitrogen and oxygen atoms in total. The van der Waals surface area contributed by atoms with Crippen LogP contribution in [-0.4, -0.2) is 34.4 Å². The molecule has 0 aliphatic carbocycles. The number of phenolic OH excluding ortho intramolecular Hbond substituents is 2. The number of nitrogens with one attached hydrogen (secondary N) is 2. The SMILES string of the molecule is CC(=O)Nc1cc(C(c2ccc(O)c(NC(=O)c3ccc(Oc4ccc(C)cc4)cc3)c2)(C(F)(F)F)C(F)(F)F)ccc1O. The number of aryl methyl sites for hydroxylation is 1. The lowest BCUT2D eigenvalue weighted by atomic mass is 9.72. The largest absolute Gasteiger partial charge is 0.506 e. The minimum atomic E-state index is -6.03. The molecule has 44 heavy (non-hydrogen) atoms. The summed E-state index contributed by atoms with van der Waals surface area (Å²) in [5.41, 5.74) is -7.93. The Morgan fingerprint density at radius 3 is 1.52 bits per heavy atom. The second-order valence-electron chi connectivity index (χ2n) is 9.78. The van der Waals surface area contributed by atoms with Crippen molar-refractivity contribution in [2.24, 2.45) is 0 Å². The number of aromatic hydroxyl groups is 2. The third kappa shape index (κ3) is 6.26. The van der Waals surface area contributed by atoms with E-state index >= 15 is 0 Å². The van der Waals surface area contributed by atoms with Crippen molar-refractivity contribution in [1.82, 2.24) is 0 Å². The Balaban J connectivity index is 1.73. The smallest absolute Gasteiger partial charge is 0.411 e. The summed E-state index contributed by atoms with van der Waals surface area (Å²) in [4.78, 5) is 24.4. The van der Waals surface area contributed by atoms with E-state index < -0.39 is 63.6 Å². The second-order valence-corrected chi connectivity index (χ2v) is 9.78. The first kappa shape index (κ1) is 31.7. The number of hydrogen-bond donors (Lipinski definition) is 4. The molecule has 4 rings (SSSR count). The maximum absolute atomic E-state index is 14.7. The highest BCUT2D eigenvalue weighted by atomic mass is 19.4. The van der Waals surface area contributed by atoms with Crippen molar-refractivity contribution in [1.29, 1.82) is 0 Å². The number of carbonyl (C=O) groups excluding carboxylic acids is 2. The number of hydrogen-bond acceptors (Lipinski definition) is 5. The van der Waals surface area contributed by atoms with E-state index in [2.05, 4.69) is 5.32 Å². The van der Waals surface area contributed by atoms with Crippen molar-refractivity contribution in [3.05, 3.63) is 107 Å². The summed E-state index contributed by atoms with van der Waals surface area (Å²) in [6.45, 7) is 2.85. The van der Waals surface area contributed by atoms with Gasteiger partial charge in [-0.1, -0.05) is 29.8 Å². The van der Waals surface area contributed by atoms with Gasteiger partial charge < -0.3 is 25.6 Å². The minimum Gasteiger partial charge on any atom is -0.506 e. The van der Waals surface area contributed by atoms with Crippen molar-refractivity contribution in [3.8, 4) is 23.0 Å². The fourth-order valence-electron chi connectivity index (χ4n) is 4.52. The fourth-order valence-corrected chi connectivity index (χ4v) is 4.52. The number of carbonyl (C=O) groups is 2. The van der Waals surface area contributed by atoms with Gasteiger partial charge in [0, 0.05) is 12.5 Å². The van der Waals surface area contributed by atoms with Crippen molar-refractivity contribution < 1.29 is 50.9 Å². The van der Waals surface area contributed by atoms with Crippen LogP contribution in [0.2, 0.25) is 0 Å². The van der Waals surface area contributed by atoms with Gasteiger partial charge in [0.15, 0.2) is 0 Å². The van der Waals surface area contributed by atoms with Gasteiger partial charge in [-0.15, -0.1) is 0 Å². The first-order valence-corrected chi connectivity index (χ1v) is 12.8. The van der Waals surface area contributed by atoms with Crippen molar-refractivity contribution in [3.63, 3.8) is 0 Å². The highest BCUT2D eigenvalue weighted by Gasteiger charge is 2.72. The Labute approximate surface area is 246 Å². The molecule has 4 aromatic carbocycles. The van der Waals surface area contributed by atoms with Gasteiger partial charge in [-0.25, -0.2) is 0 Å².